The Labute approximate surface area is 228 Å². The van der Waals surface area contributed by atoms with Gasteiger partial charge in [0.15, 0.2) is 0 Å². The Morgan fingerprint density at radius 1 is 1.08 bits per heavy atom. The average molecular weight is 595 g/mol. The molecular weight excluding hydrogens is 562 g/mol. The summed E-state index contributed by atoms with van der Waals surface area (Å²) in [6, 6.07) is 2.89. The van der Waals surface area contributed by atoms with E-state index in [1.54, 1.807) is 18.2 Å². The van der Waals surface area contributed by atoms with Crippen LogP contribution in [0, 0.1) is 5.92 Å². The number of hydrogen-bond donors (Lipinski definition) is 3. The lowest BCUT2D eigenvalue weighted by Crippen LogP contribution is -2.62. The lowest BCUT2D eigenvalue weighted by molar-refractivity contribution is -0.152. The van der Waals surface area contributed by atoms with Crippen LogP contribution >= 0.6 is 15.9 Å². The number of carbonyl (C=O) groups is 4. The number of alkyl halides is 3. The summed E-state index contributed by atoms with van der Waals surface area (Å²) < 4.78 is 30.5. The molecule has 0 spiro atoms. The molecule has 5 rings (SSSR count). The third kappa shape index (κ3) is 5.36. The Kier molecular flexibility index (Phi) is 7.86. The highest BCUT2D eigenvalue weighted by Gasteiger charge is 2.50. The summed E-state index contributed by atoms with van der Waals surface area (Å²) in [5, 5.41) is 7.77. The monoisotopic (exact) mass is 594 g/mol. The first-order valence-corrected chi connectivity index (χ1v) is 14.4. The highest BCUT2D eigenvalue weighted by atomic mass is 79.9. The number of benzene rings is 1. The van der Waals surface area contributed by atoms with Crippen LogP contribution in [0.15, 0.2) is 18.2 Å². The van der Waals surface area contributed by atoms with Gasteiger partial charge in [-0.1, -0.05) is 47.3 Å². The second-order valence-electron chi connectivity index (χ2n) is 10.9. The quantitative estimate of drug-likeness (QED) is 0.346. The van der Waals surface area contributed by atoms with Crippen molar-refractivity contribution >= 4 is 39.6 Å². The van der Waals surface area contributed by atoms with Gasteiger partial charge in [0.1, 0.15) is 6.04 Å². The standard InChI is InChI=1S/C27H33BrF2N4O4/c28-19-8-10-21(32-23(19)16-4-2-1-3-5-16)27(29,30)26(38)31-13-15-6-7-18-17(12-15)14-34(25(18)37)20-9-11-22(35)33-24(20)36/h6-7,12,16,19-21,23,32H,1-5,8-11,13-14H2,(H,31,38)(H,33,35,36). The molecule has 1 aliphatic carbocycles. The predicted octanol–water partition coefficient (Wildman–Crippen LogP) is 3.16. The second-order valence-corrected chi connectivity index (χ2v) is 12.1. The number of amides is 4. The number of nitrogens with one attached hydrogen (secondary N) is 3. The zero-order valence-electron chi connectivity index (χ0n) is 21.1. The van der Waals surface area contributed by atoms with Crippen LogP contribution in [-0.2, 0) is 27.5 Å². The highest BCUT2D eigenvalue weighted by Crippen LogP contribution is 2.37. The van der Waals surface area contributed by atoms with Crippen molar-refractivity contribution in [1.29, 1.82) is 0 Å². The second kappa shape index (κ2) is 11.0. The molecule has 206 valence electrons. The molecule has 0 aromatic heterocycles. The van der Waals surface area contributed by atoms with E-state index in [1.165, 1.54) is 11.3 Å². The van der Waals surface area contributed by atoms with Crippen LogP contribution in [0.4, 0.5) is 8.78 Å². The number of fused-ring (bicyclic) bond motifs is 1. The molecule has 3 N–H and O–H groups in total. The molecule has 0 bridgehead atoms. The lowest BCUT2D eigenvalue weighted by atomic mass is 9.79. The normalized spacial score (nSPS) is 28.7. The van der Waals surface area contributed by atoms with Crippen LogP contribution in [0.1, 0.15) is 79.3 Å². The molecule has 4 atom stereocenters. The minimum Gasteiger partial charge on any atom is -0.347 e. The molecule has 1 aromatic rings. The Hall–Kier alpha value is -2.40. The van der Waals surface area contributed by atoms with Crippen molar-refractivity contribution in [1.82, 2.24) is 20.9 Å². The molecule has 38 heavy (non-hydrogen) atoms. The first-order chi connectivity index (χ1) is 18.1. The maximum absolute atomic E-state index is 15.3. The number of halogens is 3. The van der Waals surface area contributed by atoms with Crippen LogP contribution < -0.4 is 16.0 Å². The third-order valence-electron chi connectivity index (χ3n) is 8.45. The summed E-state index contributed by atoms with van der Waals surface area (Å²) in [6.07, 6.45) is 6.66. The van der Waals surface area contributed by atoms with Crippen molar-refractivity contribution in [3.63, 3.8) is 0 Å². The molecule has 3 heterocycles. The van der Waals surface area contributed by atoms with Gasteiger partial charge in [-0.15, -0.1) is 0 Å². The van der Waals surface area contributed by atoms with Crippen molar-refractivity contribution in [2.24, 2.45) is 5.92 Å². The van der Waals surface area contributed by atoms with Crippen molar-refractivity contribution < 1.29 is 28.0 Å². The summed E-state index contributed by atoms with van der Waals surface area (Å²) in [5.41, 5.74) is 1.67. The minimum absolute atomic E-state index is 0.0747. The molecule has 11 heteroatoms. The number of nitrogens with zero attached hydrogens (tertiary/aromatic N) is 1. The molecule has 2 saturated heterocycles. The Morgan fingerprint density at radius 3 is 2.58 bits per heavy atom. The van der Waals surface area contributed by atoms with E-state index >= 15 is 8.78 Å². The van der Waals surface area contributed by atoms with Gasteiger partial charge in [-0.05, 0) is 55.2 Å². The van der Waals surface area contributed by atoms with Gasteiger partial charge in [0.2, 0.25) is 11.8 Å². The number of rotatable bonds is 6. The van der Waals surface area contributed by atoms with E-state index in [2.05, 4.69) is 31.9 Å². The fourth-order valence-electron chi connectivity index (χ4n) is 6.33. The first kappa shape index (κ1) is 27.2. The van der Waals surface area contributed by atoms with Gasteiger partial charge < -0.3 is 15.5 Å². The molecule has 3 aliphatic heterocycles. The number of carbonyl (C=O) groups excluding carboxylic acids is 4. The Balaban J connectivity index is 1.20. The maximum atomic E-state index is 15.3. The summed E-state index contributed by atoms with van der Waals surface area (Å²) in [6.45, 7) is 0.0782. The van der Waals surface area contributed by atoms with E-state index in [-0.39, 0.29) is 55.0 Å². The predicted molar refractivity (Wildman–Crippen MR) is 139 cm³/mol. The fourth-order valence-corrected chi connectivity index (χ4v) is 7.18. The number of imide groups is 1. The zero-order chi connectivity index (χ0) is 27.0. The largest absolute Gasteiger partial charge is 0.347 e. The van der Waals surface area contributed by atoms with Crippen LogP contribution in [0.25, 0.3) is 0 Å². The van der Waals surface area contributed by atoms with Gasteiger partial charge in [-0.25, -0.2) is 0 Å². The van der Waals surface area contributed by atoms with Crippen LogP contribution in [0.5, 0.6) is 0 Å². The molecule has 4 unspecified atom stereocenters. The number of piperidine rings is 2. The van der Waals surface area contributed by atoms with Crippen molar-refractivity contribution in [3.05, 3.63) is 34.9 Å². The summed E-state index contributed by atoms with van der Waals surface area (Å²) in [7, 11) is 0. The topological polar surface area (TPSA) is 108 Å². The molecule has 0 radical (unpaired) electrons. The van der Waals surface area contributed by atoms with E-state index in [0.29, 0.717) is 29.0 Å². The van der Waals surface area contributed by atoms with Gasteiger partial charge in [0.25, 0.3) is 11.8 Å². The SMILES string of the molecule is O=C1CCC(N2Cc3cc(CNC(=O)C(F)(F)C4CCC(Br)C(C5CCCCC5)N4)ccc3C2=O)C(=O)N1. The van der Waals surface area contributed by atoms with Crippen LogP contribution in [0.2, 0.25) is 0 Å². The smallest absolute Gasteiger partial charge is 0.339 e. The summed E-state index contributed by atoms with van der Waals surface area (Å²) in [4.78, 5) is 50.7. The average Bonchev–Trinajstić information content (AvgIpc) is 3.23. The first-order valence-electron chi connectivity index (χ1n) is 13.5. The summed E-state index contributed by atoms with van der Waals surface area (Å²) >= 11 is 3.67. The van der Waals surface area contributed by atoms with Crippen LogP contribution in [-0.4, -0.2) is 57.4 Å². The molecule has 3 fully saturated rings. The Morgan fingerprint density at radius 2 is 1.84 bits per heavy atom. The van der Waals surface area contributed by atoms with E-state index in [4.69, 9.17) is 0 Å². The van der Waals surface area contributed by atoms with Crippen molar-refractivity contribution in [2.75, 3.05) is 0 Å². The minimum atomic E-state index is -3.56. The molecule has 8 nitrogen and oxygen atoms in total. The Bertz CT molecular complexity index is 1130. The summed E-state index contributed by atoms with van der Waals surface area (Å²) in [5.74, 6) is -5.70. The zero-order valence-corrected chi connectivity index (χ0v) is 22.7. The molecule has 1 aromatic carbocycles. The molecule has 1 saturated carbocycles. The third-order valence-corrected chi connectivity index (χ3v) is 9.48. The molecule has 4 amide bonds. The molecular formula is C27H33BrF2N4O4. The van der Waals surface area contributed by atoms with Gasteiger partial charge >= 0.3 is 5.92 Å². The molecule has 4 aliphatic rings. The fraction of sp³-hybridized carbons (Fsp3) is 0.630. The van der Waals surface area contributed by atoms with Gasteiger partial charge in [-0.3, -0.25) is 24.5 Å². The maximum Gasteiger partial charge on any atom is 0.339 e. The van der Waals surface area contributed by atoms with Crippen molar-refractivity contribution in [2.45, 2.75) is 99.8 Å². The lowest BCUT2D eigenvalue weighted by Gasteiger charge is -2.42. The van der Waals surface area contributed by atoms with E-state index in [9.17, 15) is 19.2 Å². The van der Waals surface area contributed by atoms with Gasteiger partial charge in [0.05, 0.1) is 6.04 Å². The van der Waals surface area contributed by atoms with E-state index in [0.717, 1.165) is 25.7 Å². The van der Waals surface area contributed by atoms with Gasteiger partial charge in [0, 0.05) is 35.9 Å². The van der Waals surface area contributed by atoms with Crippen molar-refractivity contribution in [3.8, 4) is 0 Å². The number of hydrogen-bond acceptors (Lipinski definition) is 5. The van der Waals surface area contributed by atoms with Gasteiger partial charge in [-0.2, -0.15) is 8.78 Å². The van der Waals surface area contributed by atoms with E-state index < -0.39 is 29.8 Å². The highest BCUT2D eigenvalue weighted by molar-refractivity contribution is 9.09. The van der Waals surface area contributed by atoms with E-state index in [1.807, 2.05) is 0 Å². The van der Waals surface area contributed by atoms with Crippen LogP contribution in [0.3, 0.4) is 0 Å².